The van der Waals surface area contributed by atoms with E-state index in [-0.39, 0.29) is 0 Å². The Hall–Kier alpha value is -1.13. The quantitative estimate of drug-likeness (QED) is 0.807. The molecule has 0 radical (unpaired) electrons. The average Bonchev–Trinajstić information content (AvgIpc) is 2.28. The normalized spacial score (nSPS) is 10.9. The van der Waals surface area contributed by atoms with Crippen molar-refractivity contribution < 1.29 is 0 Å². The van der Waals surface area contributed by atoms with Crippen molar-refractivity contribution in [2.24, 2.45) is 5.73 Å². The van der Waals surface area contributed by atoms with E-state index in [1.165, 1.54) is 5.56 Å². The van der Waals surface area contributed by atoms with Gasteiger partial charge in [0.1, 0.15) is 5.82 Å². The lowest BCUT2D eigenvalue weighted by Crippen LogP contribution is -2.25. The molecular formula is C13H24N4. The van der Waals surface area contributed by atoms with Crippen LogP contribution in [0.1, 0.15) is 17.5 Å². The molecule has 0 saturated heterocycles. The van der Waals surface area contributed by atoms with E-state index >= 15 is 0 Å². The molecule has 0 bridgehead atoms. The first-order valence-electron chi connectivity index (χ1n) is 6.06. The number of anilines is 1. The van der Waals surface area contributed by atoms with Gasteiger partial charge in [-0.15, -0.1) is 0 Å². The van der Waals surface area contributed by atoms with Crippen molar-refractivity contribution in [3.8, 4) is 0 Å². The van der Waals surface area contributed by atoms with E-state index in [2.05, 4.69) is 42.9 Å². The number of hydrogen-bond acceptors (Lipinski definition) is 4. The summed E-state index contributed by atoms with van der Waals surface area (Å²) in [4.78, 5) is 8.83. The maximum Gasteiger partial charge on any atom is 0.133 e. The van der Waals surface area contributed by atoms with Crippen molar-refractivity contribution in [1.29, 1.82) is 0 Å². The largest absolute Gasteiger partial charge is 0.359 e. The maximum absolute atomic E-state index is 5.79. The van der Waals surface area contributed by atoms with Crippen molar-refractivity contribution in [2.75, 3.05) is 39.1 Å². The molecule has 0 aliphatic carbocycles. The van der Waals surface area contributed by atoms with Crippen LogP contribution in [0, 0.1) is 6.92 Å². The minimum Gasteiger partial charge on any atom is -0.359 e. The second-order valence-electron chi connectivity index (χ2n) is 4.71. The van der Waals surface area contributed by atoms with E-state index in [4.69, 9.17) is 5.73 Å². The first-order valence-corrected chi connectivity index (χ1v) is 6.06. The lowest BCUT2D eigenvalue weighted by atomic mass is 10.1. The minimum absolute atomic E-state index is 0.549. The summed E-state index contributed by atoms with van der Waals surface area (Å²) >= 11 is 0. The van der Waals surface area contributed by atoms with Crippen LogP contribution in [0.4, 0.5) is 5.82 Å². The highest BCUT2D eigenvalue weighted by Gasteiger charge is 2.09. The summed E-state index contributed by atoms with van der Waals surface area (Å²) in [5, 5.41) is 0. The summed E-state index contributed by atoms with van der Waals surface area (Å²) in [7, 11) is 6.27. The monoisotopic (exact) mass is 236 g/mol. The van der Waals surface area contributed by atoms with E-state index in [0.717, 1.165) is 30.9 Å². The number of pyridine rings is 1. The van der Waals surface area contributed by atoms with Gasteiger partial charge in [-0.2, -0.15) is 0 Å². The Morgan fingerprint density at radius 3 is 2.53 bits per heavy atom. The molecule has 1 aromatic heterocycles. The van der Waals surface area contributed by atoms with Gasteiger partial charge in [0, 0.05) is 31.9 Å². The Labute approximate surface area is 104 Å². The number of aryl methyl sites for hydroxylation is 1. The molecule has 1 rings (SSSR count). The van der Waals surface area contributed by atoms with E-state index in [9.17, 15) is 0 Å². The molecule has 0 atom stereocenters. The molecule has 4 nitrogen and oxygen atoms in total. The molecule has 96 valence electrons. The molecule has 1 aromatic rings. The Morgan fingerprint density at radius 2 is 1.94 bits per heavy atom. The van der Waals surface area contributed by atoms with Gasteiger partial charge in [-0.25, -0.2) is 4.98 Å². The van der Waals surface area contributed by atoms with Crippen LogP contribution >= 0.6 is 0 Å². The summed E-state index contributed by atoms with van der Waals surface area (Å²) in [5.74, 6) is 1.02. The lowest BCUT2D eigenvalue weighted by Gasteiger charge is -2.22. The second-order valence-corrected chi connectivity index (χ2v) is 4.71. The van der Waals surface area contributed by atoms with Gasteiger partial charge in [0.15, 0.2) is 0 Å². The van der Waals surface area contributed by atoms with Gasteiger partial charge < -0.3 is 15.5 Å². The fourth-order valence-corrected chi connectivity index (χ4v) is 1.89. The first kappa shape index (κ1) is 13.9. The molecule has 0 unspecified atom stereocenters. The highest BCUT2D eigenvalue weighted by atomic mass is 15.2. The maximum atomic E-state index is 5.79. The summed E-state index contributed by atoms with van der Waals surface area (Å²) < 4.78 is 0. The van der Waals surface area contributed by atoms with Gasteiger partial charge in [0.2, 0.25) is 0 Å². The molecule has 2 N–H and O–H groups in total. The van der Waals surface area contributed by atoms with Gasteiger partial charge in [-0.3, -0.25) is 0 Å². The van der Waals surface area contributed by atoms with Crippen LogP contribution in [0.3, 0.4) is 0 Å². The van der Waals surface area contributed by atoms with E-state index < -0.39 is 0 Å². The van der Waals surface area contributed by atoms with Gasteiger partial charge in [-0.05, 0) is 45.6 Å². The Balaban J connectivity index is 2.68. The molecule has 0 aliphatic rings. The third kappa shape index (κ3) is 3.98. The fourth-order valence-electron chi connectivity index (χ4n) is 1.89. The average molecular weight is 236 g/mol. The van der Waals surface area contributed by atoms with Crippen molar-refractivity contribution in [1.82, 2.24) is 9.88 Å². The second kappa shape index (κ2) is 6.57. The van der Waals surface area contributed by atoms with Crippen molar-refractivity contribution in [3.63, 3.8) is 0 Å². The van der Waals surface area contributed by atoms with E-state index in [1.54, 1.807) is 0 Å². The van der Waals surface area contributed by atoms with Crippen LogP contribution in [0.5, 0.6) is 0 Å². The Morgan fingerprint density at radius 1 is 1.24 bits per heavy atom. The highest BCUT2D eigenvalue weighted by Crippen LogP contribution is 2.19. The molecule has 0 saturated carbocycles. The molecule has 17 heavy (non-hydrogen) atoms. The summed E-state index contributed by atoms with van der Waals surface area (Å²) in [6.45, 7) is 4.73. The molecule has 0 aromatic carbocycles. The molecular weight excluding hydrogens is 212 g/mol. The standard InChI is InChI=1S/C13H24N4/c1-11-6-7-15-13(12(11)10-14)17(4)9-5-8-16(2)3/h6-7H,5,8-10,14H2,1-4H3. The van der Waals surface area contributed by atoms with Crippen molar-refractivity contribution in [2.45, 2.75) is 19.9 Å². The molecule has 0 fully saturated rings. The first-order chi connectivity index (χ1) is 8.06. The Bertz CT molecular complexity index is 349. The Kier molecular flexibility index (Phi) is 5.38. The predicted molar refractivity (Wildman–Crippen MR) is 73.3 cm³/mol. The molecule has 0 aliphatic heterocycles. The zero-order chi connectivity index (χ0) is 12.8. The van der Waals surface area contributed by atoms with Crippen LogP contribution in [0.15, 0.2) is 12.3 Å². The summed E-state index contributed by atoms with van der Waals surface area (Å²) in [6, 6.07) is 2.01. The number of hydrogen-bond donors (Lipinski definition) is 1. The van der Waals surface area contributed by atoms with Gasteiger partial charge in [0.05, 0.1) is 0 Å². The lowest BCUT2D eigenvalue weighted by molar-refractivity contribution is 0.401. The van der Waals surface area contributed by atoms with Crippen LogP contribution in [0.25, 0.3) is 0 Å². The smallest absolute Gasteiger partial charge is 0.133 e. The van der Waals surface area contributed by atoms with E-state index in [1.807, 2.05) is 12.3 Å². The summed E-state index contributed by atoms with van der Waals surface area (Å²) in [6.07, 6.45) is 2.98. The highest BCUT2D eigenvalue weighted by molar-refractivity contribution is 5.49. The van der Waals surface area contributed by atoms with Gasteiger partial charge >= 0.3 is 0 Å². The van der Waals surface area contributed by atoms with Crippen molar-refractivity contribution in [3.05, 3.63) is 23.4 Å². The van der Waals surface area contributed by atoms with Gasteiger partial charge in [0.25, 0.3) is 0 Å². The number of aromatic nitrogens is 1. The third-order valence-electron chi connectivity index (χ3n) is 2.93. The number of nitrogens with zero attached hydrogens (tertiary/aromatic N) is 3. The van der Waals surface area contributed by atoms with E-state index in [0.29, 0.717) is 6.54 Å². The topological polar surface area (TPSA) is 45.4 Å². The minimum atomic E-state index is 0.549. The molecule has 1 heterocycles. The molecule has 0 amide bonds. The zero-order valence-electron chi connectivity index (χ0n) is 11.4. The van der Waals surface area contributed by atoms with Crippen LogP contribution < -0.4 is 10.6 Å². The number of rotatable bonds is 6. The third-order valence-corrected chi connectivity index (χ3v) is 2.93. The molecule has 0 spiro atoms. The zero-order valence-corrected chi connectivity index (χ0v) is 11.4. The van der Waals surface area contributed by atoms with Crippen molar-refractivity contribution >= 4 is 5.82 Å². The van der Waals surface area contributed by atoms with Crippen LogP contribution in [-0.2, 0) is 6.54 Å². The van der Waals surface area contributed by atoms with Gasteiger partial charge in [-0.1, -0.05) is 0 Å². The molecule has 4 heteroatoms. The van der Waals surface area contributed by atoms with Crippen LogP contribution in [0.2, 0.25) is 0 Å². The van der Waals surface area contributed by atoms with Crippen LogP contribution in [-0.4, -0.2) is 44.1 Å². The predicted octanol–water partition coefficient (Wildman–Crippen LogP) is 1.24. The summed E-state index contributed by atoms with van der Waals surface area (Å²) in [5.41, 5.74) is 8.16. The SMILES string of the molecule is Cc1ccnc(N(C)CCCN(C)C)c1CN. The fraction of sp³-hybridized carbons (Fsp3) is 0.615. The number of nitrogens with two attached hydrogens (primary N) is 1.